The van der Waals surface area contributed by atoms with E-state index in [-0.39, 0.29) is 24.6 Å². The lowest BCUT2D eigenvalue weighted by molar-refractivity contribution is 0.0654. The first kappa shape index (κ1) is 22.2. The number of ether oxygens (including phenoxy) is 3. The molecule has 0 radical (unpaired) electrons. The van der Waals surface area contributed by atoms with Crippen molar-refractivity contribution in [3.05, 3.63) is 46.6 Å². The number of benzene rings is 1. The van der Waals surface area contributed by atoms with Crippen LogP contribution in [0.4, 0.5) is 0 Å². The van der Waals surface area contributed by atoms with Gasteiger partial charge in [0.05, 0.1) is 25.9 Å². The van der Waals surface area contributed by atoms with E-state index >= 15 is 0 Å². The molecule has 26 heavy (non-hydrogen) atoms. The van der Waals surface area contributed by atoms with Gasteiger partial charge in [-0.05, 0) is 45.2 Å². The van der Waals surface area contributed by atoms with E-state index in [0.29, 0.717) is 28.9 Å². The number of aliphatic hydroxyl groups excluding tert-OH is 1. The second kappa shape index (κ2) is 10.4. The van der Waals surface area contributed by atoms with Gasteiger partial charge in [-0.25, -0.2) is 0 Å². The maximum absolute atomic E-state index is 10.6. The van der Waals surface area contributed by atoms with Gasteiger partial charge in [0.2, 0.25) is 0 Å². The van der Waals surface area contributed by atoms with Crippen LogP contribution in [0.3, 0.4) is 0 Å². The Morgan fingerprint density at radius 3 is 2.42 bits per heavy atom. The van der Waals surface area contributed by atoms with Gasteiger partial charge in [-0.15, -0.1) is 0 Å². The molecule has 0 aliphatic heterocycles. The zero-order chi connectivity index (χ0) is 19.7. The van der Waals surface area contributed by atoms with Crippen LogP contribution in [0.2, 0.25) is 0 Å². The topological polar surface area (TPSA) is 68.2 Å². The smallest absolute Gasteiger partial charge is 0.128 e. The second-order valence-electron chi connectivity index (χ2n) is 6.80. The maximum Gasteiger partial charge on any atom is 0.128 e. The molecule has 5 heteroatoms. The molecule has 0 atom stereocenters. The van der Waals surface area contributed by atoms with E-state index in [1.54, 1.807) is 27.4 Å². The van der Waals surface area contributed by atoms with Crippen LogP contribution in [0.1, 0.15) is 43.9 Å². The van der Waals surface area contributed by atoms with Gasteiger partial charge in [-0.3, -0.25) is 0 Å². The Morgan fingerprint density at radius 2 is 1.88 bits per heavy atom. The average molecular weight is 364 g/mol. The monoisotopic (exact) mass is 364 g/mol. The van der Waals surface area contributed by atoms with Crippen molar-refractivity contribution in [2.24, 2.45) is 0 Å². The number of phenolic OH excluding ortho intramolecular Hbond substituents is 1. The van der Waals surface area contributed by atoms with Crippen molar-refractivity contribution in [3.63, 3.8) is 0 Å². The van der Waals surface area contributed by atoms with Crippen molar-refractivity contribution in [2.75, 3.05) is 21.3 Å². The Kier molecular flexibility index (Phi) is 8.85. The fourth-order valence-electron chi connectivity index (χ4n) is 2.57. The summed E-state index contributed by atoms with van der Waals surface area (Å²) in [5, 5.41) is 20.2. The van der Waals surface area contributed by atoms with E-state index < -0.39 is 0 Å². The summed E-state index contributed by atoms with van der Waals surface area (Å²) < 4.78 is 15.9. The van der Waals surface area contributed by atoms with Gasteiger partial charge in [-0.2, -0.15) is 0 Å². The summed E-state index contributed by atoms with van der Waals surface area (Å²) in [6.07, 6.45) is 7.52. The Balaban J connectivity index is 3.02. The van der Waals surface area contributed by atoms with Crippen molar-refractivity contribution < 1.29 is 24.4 Å². The summed E-state index contributed by atoms with van der Waals surface area (Å²) in [4.78, 5) is 0. The summed E-state index contributed by atoms with van der Waals surface area (Å²) in [7, 11) is 4.81. The zero-order valence-electron chi connectivity index (χ0n) is 16.8. The normalized spacial score (nSPS) is 12.8. The fraction of sp³-hybridized carbons (Fsp3) is 0.524. The van der Waals surface area contributed by atoms with Crippen LogP contribution < -0.4 is 4.74 Å². The Hall–Kier alpha value is -1.82. The number of hydrogen-bond acceptors (Lipinski definition) is 5. The number of phenols is 1. The second-order valence-corrected chi connectivity index (χ2v) is 6.80. The lowest BCUT2D eigenvalue weighted by Crippen LogP contribution is -2.18. The minimum atomic E-state index is -0.281. The third-order valence-electron chi connectivity index (χ3n) is 4.38. The number of hydrogen-bond donors (Lipinski definition) is 2. The molecular formula is C21H32O5. The van der Waals surface area contributed by atoms with Crippen LogP contribution >= 0.6 is 0 Å². The molecule has 0 aliphatic carbocycles. The van der Waals surface area contributed by atoms with Crippen molar-refractivity contribution in [2.45, 2.75) is 52.4 Å². The number of rotatable bonds is 10. The standard InChI is InChI=1S/C21H32O5/c1-15(8-7-11-21(2,3)26-6)9-10-17-19(25-5)12-16(13-22)18(14-24-4)20(17)23/h7,9,11-12,22-23H,8,10,13-14H2,1-6H3/b11-7+,15-9+. The third kappa shape index (κ3) is 6.16. The molecule has 0 heterocycles. The minimum absolute atomic E-state index is 0.121. The number of aromatic hydroxyl groups is 1. The molecule has 0 bridgehead atoms. The lowest BCUT2D eigenvalue weighted by atomic mass is 9.98. The molecule has 146 valence electrons. The van der Waals surface area contributed by atoms with Crippen molar-refractivity contribution in [1.29, 1.82) is 0 Å². The third-order valence-corrected chi connectivity index (χ3v) is 4.38. The molecule has 1 rings (SSSR count). The number of allylic oxidation sites excluding steroid dienone is 3. The molecule has 0 aromatic heterocycles. The first-order valence-electron chi connectivity index (χ1n) is 8.68. The molecule has 0 saturated heterocycles. The quantitative estimate of drug-likeness (QED) is 0.616. The molecule has 0 spiro atoms. The summed E-state index contributed by atoms with van der Waals surface area (Å²) in [5.41, 5.74) is 2.79. The zero-order valence-corrected chi connectivity index (χ0v) is 16.8. The Bertz CT molecular complexity index is 644. The fourth-order valence-corrected chi connectivity index (χ4v) is 2.57. The summed E-state index contributed by atoms with van der Waals surface area (Å²) in [6.45, 7) is 6.11. The van der Waals surface area contributed by atoms with E-state index in [4.69, 9.17) is 14.2 Å². The van der Waals surface area contributed by atoms with Gasteiger partial charge in [0.25, 0.3) is 0 Å². The highest BCUT2D eigenvalue weighted by atomic mass is 16.5. The van der Waals surface area contributed by atoms with Gasteiger partial charge in [0.15, 0.2) is 0 Å². The summed E-state index contributed by atoms with van der Waals surface area (Å²) >= 11 is 0. The van der Waals surface area contributed by atoms with Crippen molar-refractivity contribution in [3.8, 4) is 11.5 Å². The van der Waals surface area contributed by atoms with Gasteiger partial charge in [-0.1, -0.05) is 23.8 Å². The minimum Gasteiger partial charge on any atom is -0.507 e. The van der Waals surface area contributed by atoms with Crippen molar-refractivity contribution >= 4 is 0 Å². The SMILES string of the molecule is COCc1c(CO)cc(OC)c(C/C=C(\C)C/C=C/C(C)(C)OC)c1O. The molecular weight excluding hydrogens is 332 g/mol. The molecule has 5 nitrogen and oxygen atoms in total. The molecule has 0 saturated carbocycles. The predicted molar refractivity (Wildman–Crippen MR) is 104 cm³/mol. The molecule has 0 amide bonds. The number of aliphatic hydroxyl groups is 1. The van der Waals surface area contributed by atoms with Crippen molar-refractivity contribution in [1.82, 2.24) is 0 Å². The van der Waals surface area contributed by atoms with Gasteiger partial charge >= 0.3 is 0 Å². The van der Waals surface area contributed by atoms with Crippen LogP contribution in [0.15, 0.2) is 29.9 Å². The molecule has 0 fully saturated rings. The highest BCUT2D eigenvalue weighted by Gasteiger charge is 2.17. The van der Waals surface area contributed by atoms with E-state index in [0.717, 1.165) is 6.42 Å². The summed E-state index contributed by atoms with van der Waals surface area (Å²) in [6, 6.07) is 1.76. The van der Waals surface area contributed by atoms with E-state index in [2.05, 4.69) is 12.2 Å². The van der Waals surface area contributed by atoms with Gasteiger partial charge in [0.1, 0.15) is 11.5 Å². The van der Waals surface area contributed by atoms with Gasteiger partial charge in [0, 0.05) is 25.3 Å². The molecule has 1 aromatic carbocycles. The van der Waals surface area contributed by atoms with E-state index in [1.807, 2.05) is 26.8 Å². The molecule has 2 N–H and O–H groups in total. The van der Waals surface area contributed by atoms with Crippen LogP contribution in [-0.4, -0.2) is 37.1 Å². The molecule has 0 unspecified atom stereocenters. The van der Waals surface area contributed by atoms with Crippen LogP contribution in [0, 0.1) is 0 Å². The highest BCUT2D eigenvalue weighted by molar-refractivity contribution is 5.54. The lowest BCUT2D eigenvalue weighted by Gasteiger charge is -2.17. The van der Waals surface area contributed by atoms with Crippen LogP contribution in [0.5, 0.6) is 11.5 Å². The number of methoxy groups -OCH3 is 3. The maximum atomic E-state index is 10.6. The predicted octanol–water partition coefficient (Wildman–Crippen LogP) is 3.90. The highest BCUT2D eigenvalue weighted by Crippen LogP contribution is 2.35. The average Bonchev–Trinajstić information content (AvgIpc) is 2.62. The van der Waals surface area contributed by atoms with Crippen LogP contribution in [-0.2, 0) is 29.1 Å². The van der Waals surface area contributed by atoms with Gasteiger partial charge < -0.3 is 24.4 Å². The first-order chi connectivity index (χ1) is 12.3. The van der Waals surface area contributed by atoms with Crippen LogP contribution in [0.25, 0.3) is 0 Å². The van der Waals surface area contributed by atoms with E-state index in [9.17, 15) is 10.2 Å². The molecule has 1 aromatic rings. The Labute approximate surface area is 156 Å². The summed E-state index contributed by atoms with van der Waals surface area (Å²) in [5.74, 6) is 0.682. The Morgan fingerprint density at radius 1 is 1.19 bits per heavy atom. The van der Waals surface area contributed by atoms with E-state index in [1.165, 1.54) is 5.57 Å². The largest absolute Gasteiger partial charge is 0.507 e. The first-order valence-corrected chi connectivity index (χ1v) is 8.68. The molecule has 0 aliphatic rings.